The quantitative estimate of drug-likeness (QED) is 0.827. The maximum atomic E-state index is 12.4. The molecule has 1 atom stereocenters. The minimum atomic E-state index is -4.72. The van der Waals surface area contributed by atoms with Gasteiger partial charge >= 0.3 is 12.1 Å². The Bertz CT molecular complexity index is 516. The number of methoxy groups -OCH3 is 1. The van der Waals surface area contributed by atoms with Crippen LogP contribution in [0.15, 0.2) is 30.3 Å². The van der Waals surface area contributed by atoms with E-state index < -0.39 is 17.7 Å². The smallest absolute Gasteiger partial charge is 0.425 e. The molecule has 1 unspecified atom stereocenters. The molecule has 96 valence electrons. The SMILES string of the molecule is COC(=O)c1ccc(C2=CC2(O)C(F)(F)F)cc1. The molecule has 0 amide bonds. The van der Waals surface area contributed by atoms with E-state index in [1.54, 1.807) is 0 Å². The first kappa shape index (κ1) is 12.6. The molecule has 0 saturated heterocycles. The van der Waals surface area contributed by atoms with Crippen LogP contribution in [-0.2, 0) is 4.74 Å². The van der Waals surface area contributed by atoms with Crippen molar-refractivity contribution >= 4 is 11.5 Å². The van der Waals surface area contributed by atoms with Crippen LogP contribution in [0.1, 0.15) is 15.9 Å². The zero-order valence-electron chi connectivity index (χ0n) is 9.28. The second-order valence-electron chi connectivity index (χ2n) is 3.89. The third-order valence-electron chi connectivity index (χ3n) is 2.73. The second-order valence-corrected chi connectivity index (χ2v) is 3.89. The summed E-state index contributed by atoms with van der Waals surface area (Å²) in [4.78, 5) is 11.1. The Labute approximate surface area is 100 Å². The van der Waals surface area contributed by atoms with Gasteiger partial charge < -0.3 is 9.84 Å². The maximum absolute atomic E-state index is 12.4. The summed E-state index contributed by atoms with van der Waals surface area (Å²) in [6, 6.07) is 5.36. The largest absolute Gasteiger partial charge is 0.465 e. The molecule has 0 aliphatic heterocycles. The zero-order chi connectivity index (χ0) is 13.6. The molecule has 0 spiro atoms. The van der Waals surface area contributed by atoms with Gasteiger partial charge in [0, 0.05) is 5.57 Å². The third-order valence-corrected chi connectivity index (χ3v) is 2.73. The Morgan fingerprint density at radius 1 is 1.28 bits per heavy atom. The first-order valence-electron chi connectivity index (χ1n) is 5.01. The van der Waals surface area contributed by atoms with E-state index in [4.69, 9.17) is 0 Å². The van der Waals surface area contributed by atoms with Gasteiger partial charge in [-0.1, -0.05) is 12.1 Å². The molecule has 0 heterocycles. The molecule has 0 bridgehead atoms. The van der Waals surface area contributed by atoms with Gasteiger partial charge in [-0.05, 0) is 23.8 Å². The molecular formula is C12H9F3O3. The highest BCUT2D eigenvalue weighted by Gasteiger charge is 2.63. The van der Waals surface area contributed by atoms with E-state index in [-0.39, 0.29) is 16.7 Å². The Kier molecular flexibility index (Phi) is 2.70. The molecule has 18 heavy (non-hydrogen) atoms. The average molecular weight is 258 g/mol. The van der Waals surface area contributed by atoms with Gasteiger partial charge in [0.05, 0.1) is 12.7 Å². The number of alkyl halides is 3. The van der Waals surface area contributed by atoms with E-state index >= 15 is 0 Å². The van der Waals surface area contributed by atoms with Crippen molar-refractivity contribution in [1.29, 1.82) is 0 Å². The van der Waals surface area contributed by atoms with Gasteiger partial charge in [0.15, 0.2) is 0 Å². The molecule has 0 aromatic heterocycles. The molecule has 3 nitrogen and oxygen atoms in total. The first-order chi connectivity index (χ1) is 8.29. The van der Waals surface area contributed by atoms with E-state index in [2.05, 4.69) is 4.74 Å². The molecule has 6 heteroatoms. The van der Waals surface area contributed by atoms with Crippen molar-refractivity contribution in [2.24, 2.45) is 0 Å². The predicted molar refractivity (Wildman–Crippen MR) is 56.8 cm³/mol. The van der Waals surface area contributed by atoms with Gasteiger partial charge in [0.25, 0.3) is 0 Å². The number of esters is 1. The van der Waals surface area contributed by atoms with Crippen molar-refractivity contribution < 1.29 is 27.8 Å². The molecule has 1 aliphatic rings. The summed E-state index contributed by atoms with van der Waals surface area (Å²) in [5, 5.41) is 9.29. The van der Waals surface area contributed by atoms with Crippen LogP contribution in [0.3, 0.4) is 0 Å². The molecular weight excluding hydrogens is 249 g/mol. The van der Waals surface area contributed by atoms with E-state index in [0.29, 0.717) is 0 Å². The zero-order valence-corrected chi connectivity index (χ0v) is 9.28. The van der Waals surface area contributed by atoms with Crippen molar-refractivity contribution in [1.82, 2.24) is 0 Å². The summed E-state index contributed by atoms with van der Waals surface area (Å²) in [5.41, 5.74) is -2.58. The lowest BCUT2D eigenvalue weighted by atomic mass is 10.1. The Hall–Kier alpha value is -1.82. The summed E-state index contributed by atoms with van der Waals surface area (Å²) >= 11 is 0. The summed E-state index contributed by atoms with van der Waals surface area (Å²) in [6.07, 6.45) is -3.98. The molecule has 1 aliphatic carbocycles. The highest BCUT2D eigenvalue weighted by molar-refractivity contribution is 5.92. The second kappa shape index (κ2) is 3.84. The van der Waals surface area contributed by atoms with Crippen molar-refractivity contribution in [3.63, 3.8) is 0 Å². The van der Waals surface area contributed by atoms with Crippen LogP contribution in [0, 0.1) is 0 Å². The molecule has 0 radical (unpaired) electrons. The normalized spacial score (nSPS) is 22.4. The minimum Gasteiger partial charge on any atom is -0.465 e. The Balaban J connectivity index is 2.19. The third kappa shape index (κ3) is 1.88. The number of rotatable bonds is 2. The number of ether oxygens (including phenoxy) is 1. The highest BCUT2D eigenvalue weighted by Crippen LogP contribution is 2.52. The van der Waals surface area contributed by atoms with E-state index in [0.717, 1.165) is 6.08 Å². The number of hydrogen-bond acceptors (Lipinski definition) is 3. The van der Waals surface area contributed by atoms with Crippen LogP contribution in [0.5, 0.6) is 0 Å². The Morgan fingerprint density at radius 2 is 1.83 bits per heavy atom. The standard InChI is InChI=1S/C12H9F3O3/c1-18-10(16)8-4-2-7(3-5-8)9-6-11(9,17)12(13,14)15/h2-6,17H,1H3. The van der Waals surface area contributed by atoms with Crippen molar-refractivity contribution in [2.75, 3.05) is 7.11 Å². The van der Waals surface area contributed by atoms with Crippen LogP contribution in [-0.4, -0.2) is 30.0 Å². The maximum Gasteiger partial charge on any atom is 0.425 e. The summed E-state index contributed by atoms with van der Waals surface area (Å²) in [5.74, 6) is -0.572. The lowest BCUT2D eigenvalue weighted by molar-refractivity contribution is -0.204. The molecule has 1 N–H and O–H groups in total. The number of aliphatic hydroxyl groups is 1. The van der Waals surface area contributed by atoms with Crippen molar-refractivity contribution in [2.45, 2.75) is 11.8 Å². The number of hydrogen-bond donors (Lipinski definition) is 1. The van der Waals surface area contributed by atoms with Crippen LogP contribution in [0.4, 0.5) is 13.2 Å². The monoisotopic (exact) mass is 258 g/mol. The molecule has 1 aromatic carbocycles. The fourth-order valence-electron chi connectivity index (χ4n) is 1.61. The fourth-order valence-corrected chi connectivity index (χ4v) is 1.61. The molecule has 0 fully saturated rings. The van der Waals surface area contributed by atoms with Gasteiger partial charge in [0.2, 0.25) is 5.60 Å². The lowest BCUT2D eigenvalue weighted by Gasteiger charge is -2.15. The van der Waals surface area contributed by atoms with E-state index in [9.17, 15) is 23.1 Å². The topological polar surface area (TPSA) is 46.5 Å². The number of halogens is 3. The van der Waals surface area contributed by atoms with Gasteiger partial charge in [-0.3, -0.25) is 0 Å². The van der Waals surface area contributed by atoms with Gasteiger partial charge in [0.1, 0.15) is 0 Å². The first-order valence-corrected chi connectivity index (χ1v) is 5.01. The number of benzene rings is 1. The predicted octanol–water partition coefficient (Wildman–Crippen LogP) is 2.16. The van der Waals surface area contributed by atoms with Crippen LogP contribution in [0.25, 0.3) is 5.57 Å². The van der Waals surface area contributed by atoms with Gasteiger partial charge in [-0.2, -0.15) is 13.2 Å². The lowest BCUT2D eigenvalue weighted by Crippen LogP contribution is -2.33. The summed E-state index contributed by atoms with van der Waals surface area (Å²) < 4.78 is 41.8. The summed E-state index contributed by atoms with van der Waals surface area (Å²) in [7, 11) is 1.21. The van der Waals surface area contributed by atoms with Crippen LogP contribution in [0.2, 0.25) is 0 Å². The van der Waals surface area contributed by atoms with E-state index in [1.165, 1.54) is 31.4 Å². The Morgan fingerprint density at radius 3 is 2.22 bits per heavy atom. The van der Waals surface area contributed by atoms with Crippen LogP contribution < -0.4 is 0 Å². The molecule has 0 saturated carbocycles. The van der Waals surface area contributed by atoms with Crippen LogP contribution >= 0.6 is 0 Å². The molecule has 2 rings (SSSR count). The average Bonchev–Trinajstić information content (AvgIpc) is 3.02. The summed E-state index contributed by atoms with van der Waals surface area (Å²) in [6.45, 7) is 0. The van der Waals surface area contributed by atoms with Gasteiger partial charge in [-0.25, -0.2) is 4.79 Å². The van der Waals surface area contributed by atoms with Gasteiger partial charge in [-0.15, -0.1) is 0 Å². The van der Waals surface area contributed by atoms with Crippen molar-refractivity contribution in [3.05, 3.63) is 41.5 Å². The highest BCUT2D eigenvalue weighted by atomic mass is 19.4. The minimum absolute atomic E-state index is 0.202. The van der Waals surface area contributed by atoms with Crippen molar-refractivity contribution in [3.8, 4) is 0 Å². The number of carbonyl (C=O) groups excluding carboxylic acids is 1. The number of carbonyl (C=O) groups is 1. The molecule has 1 aromatic rings. The van der Waals surface area contributed by atoms with E-state index in [1.807, 2.05) is 0 Å². The fraction of sp³-hybridized carbons (Fsp3) is 0.250.